The number of hydrogen-bond acceptors (Lipinski definition) is 5. The van der Waals surface area contributed by atoms with Crippen molar-refractivity contribution in [1.82, 2.24) is 4.98 Å². The highest BCUT2D eigenvalue weighted by Gasteiger charge is 2.28. The minimum atomic E-state index is -3.16. The Morgan fingerprint density at radius 1 is 1.35 bits per heavy atom. The van der Waals surface area contributed by atoms with Gasteiger partial charge in [0.25, 0.3) is 0 Å². The largest absolute Gasteiger partial charge is 0.302 e. The van der Waals surface area contributed by atoms with E-state index in [1.165, 1.54) is 11.3 Å². The van der Waals surface area contributed by atoms with Crippen LogP contribution in [0, 0.1) is 6.92 Å². The van der Waals surface area contributed by atoms with E-state index in [0.717, 1.165) is 41.5 Å². The zero-order valence-corrected chi connectivity index (χ0v) is 14.7. The molecule has 7 heteroatoms. The summed E-state index contributed by atoms with van der Waals surface area (Å²) in [6, 6.07) is 5.91. The molecule has 0 unspecified atom stereocenters. The van der Waals surface area contributed by atoms with Crippen molar-refractivity contribution in [3.05, 3.63) is 23.8 Å². The smallest absolute Gasteiger partial charge is 0.227 e. The summed E-state index contributed by atoms with van der Waals surface area (Å²) >= 11 is 1.41. The van der Waals surface area contributed by atoms with Crippen LogP contribution in [-0.2, 0) is 14.6 Å². The van der Waals surface area contributed by atoms with Gasteiger partial charge in [0, 0.05) is 6.42 Å². The van der Waals surface area contributed by atoms with E-state index in [1.807, 2.05) is 25.1 Å². The van der Waals surface area contributed by atoms with Crippen LogP contribution >= 0.6 is 11.3 Å². The van der Waals surface area contributed by atoms with Crippen molar-refractivity contribution in [2.75, 3.05) is 11.1 Å². The topological polar surface area (TPSA) is 76.1 Å². The number of amides is 1. The number of nitrogens with one attached hydrogen (secondary N) is 1. The van der Waals surface area contributed by atoms with Gasteiger partial charge in [-0.15, -0.1) is 0 Å². The predicted octanol–water partition coefficient (Wildman–Crippen LogP) is 3.29. The van der Waals surface area contributed by atoms with E-state index >= 15 is 0 Å². The molecule has 0 aliphatic heterocycles. The highest BCUT2D eigenvalue weighted by molar-refractivity contribution is 7.92. The fraction of sp³-hybridized carbons (Fsp3) is 0.500. The normalized spacial score (nSPS) is 16.0. The third kappa shape index (κ3) is 3.90. The van der Waals surface area contributed by atoms with Gasteiger partial charge in [0.1, 0.15) is 0 Å². The Kier molecular flexibility index (Phi) is 4.68. The van der Waals surface area contributed by atoms with Gasteiger partial charge in [0.15, 0.2) is 15.0 Å². The number of benzene rings is 1. The van der Waals surface area contributed by atoms with Crippen molar-refractivity contribution in [2.45, 2.75) is 44.3 Å². The quantitative estimate of drug-likeness (QED) is 0.896. The lowest BCUT2D eigenvalue weighted by Gasteiger charge is -2.10. The molecular formula is C16H20N2O3S2. The van der Waals surface area contributed by atoms with Gasteiger partial charge < -0.3 is 5.32 Å². The summed E-state index contributed by atoms with van der Waals surface area (Å²) in [6.45, 7) is 2.01. The molecule has 1 aliphatic carbocycles. The standard InChI is InChI=1S/C16H20N2O3S2/c1-11-6-7-13-14(10-11)22-16(17-13)18-15(19)8-9-23(20,21)12-4-2-3-5-12/h6-7,10,12H,2-5,8-9H2,1H3,(H,17,18,19). The summed E-state index contributed by atoms with van der Waals surface area (Å²) in [7, 11) is -3.16. The first-order chi connectivity index (χ1) is 10.9. The molecule has 1 aromatic heterocycles. The van der Waals surface area contributed by atoms with Crippen LogP contribution in [0.4, 0.5) is 5.13 Å². The number of rotatable bonds is 5. The second-order valence-corrected chi connectivity index (χ2v) is 9.49. The second-order valence-electron chi connectivity index (χ2n) is 6.06. The minimum absolute atomic E-state index is 0.00616. The Morgan fingerprint density at radius 2 is 2.09 bits per heavy atom. The van der Waals surface area contributed by atoms with Crippen LogP contribution in [0.5, 0.6) is 0 Å². The monoisotopic (exact) mass is 352 g/mol. The first-order valence-corrected chi connectivity index (χ1v) is 10.4. The highest BCUT2D eigenvalue weighted by Crippen LogP contribution is 2.27. The zero-order valence-electron chi connectivity index (χ0n) is 13.0. The average molecular weight is 352 g/mol. The molecule has 1 saturated carbocycles. The number of thiazole rings is 1. The van der Waals surface area contributed by atoms with E-state index in [9.17, 15) is 13.2 Å². The fourth-order valence-corrected chi connectivity index (χ4v) is 5.75. The summed E-state index contributed by atoms with van der Waals surface area (Å²) in [6.07, 6.45) is 3.42. The van der Waals surface area contributed by atoms with E-state index in [4.69, 9.17) is 0 Å². The molecule has 3 rings (SSSR count). The molecule has 1 aromatic carbocycles. The van der Waals surface area contributed by atoms with Crippen LogP contribution in [0.2, 0.25) is 0 Å². The maximum absolute atomic E-state index is 12.2. The molecule has 0 radical (unpaired) electrons. The van der Waals surface area contributed by atoms with E-state index in [-0.39, 0.29) is 23.3 Å². The van der Waals surface area contributed by atoms with Crippen LogP contribution in [0.3, 0.4) is 0 Å². The van der Waals surface area contributed by atoms with Gasteiger partial charge in [0.05, 0.1) is 21.2 Å². The summed E-state index contributed by atoms with van der Waals surface area (Å²) in [5.41, 5.74) is 1.98. The van der Waals surface area contributed by atoms with E-state index in [0.29, 0.717) is 5.13 Å². The van der Waals surface area contributed by atoms with Crippen molar-refractivity contribution in [3.63, 3.8) is 0 Å². The van der Waals surface area contributed by atoms with E-state index in [2.05, 4.69) is 10.3 Å². The van der Waals surface area contributed by atoms with Crippen LogP contribution in [0.15, 0.2) is 18.2 Å². The molecule has 1 amide bonds. The Labute approximate surface area is 140 Å². The molecule has 5 nitrogen and oxygen atoms in total. The summed E-state index contributed by atoms with van der Waals surface area (Å²) in [5, 5.41) is 2.99. The number of carbonyl (C=O) groups excluding carboxylic acids is 1. The molecule has 0 saturated heterocycles. The Morgan fingerprint density at radius 3 is 2.83 bits per heavy atom. The van der Waals surface area contributed by atoms with Gasteiger partial charge in [-0.1, -0.05) is 30.2 Å². The van der Waals surface area contributed by atoms with Crippen LogP contribution < -0.4 is 5.32 Å². The predicted molar refractivity (Wildman–Crippen MR) is 93.6 cm³/mol. The first kappa shape index (κ1) is 16.4. The lowest BCUT2D eigenvalue weighted by atomic mass is 10.2. The lowest BCUT2D eigenvalue weighted by Crippen LogP contribution is -2.24. The Balaban J connectivity index is 1.60. The number of hydrogen-bond donors (Lipinski definition) is 1. The molecule has 1 heterocycles. The van der Waals surface area contributed by atoms with E-state index in [1.54, 1.807) is 0 Å². The maximum Gasteiger partial charge on any atom is 0.227 e. The highest BCUT2D eigenvalue weighted by atomic mass is 32.2. The van der Waals surface area contributed by atoms with Crippen LogP contribution in [-0.4, -0.2) is 30.3 Å². The third-order valence-electron chi connectivity index (χ3n) is 4.21. The van der Waals surface area contributed by atoms with Crippen molar-refractivity contribution in [3.8, 4) is 0 Å². The molecule has 1 aliphatic rings. The zero-order chi connectivity index (χ0) is 16.4. The van der Waals surface area contributed by atoms with Gasteiger partial charge >= 0.3 is 0 Å². The van der Waals surface area contributed by atoms with Gasteiger partial charge in [-0.05, 0) is 37.5 Å². The Bertz CT molecular complexity index is 821. The molecule has 124 valence electrons. The molecule has 0 bridgehead atoms. The molecule has 23 heavy (non-hydrogen) atoms. The van der Waals surface area contributed by atoms with Crippen molar-refractivity contribution in [1.29, 1.82) is 0 Å². The molecule has 2 aromatic rings. The van der Waals surface area contributed by atoms with Gasteiger partial charge in [-0.25, -0.2) is 13.4 Å². The second kappa shape index (κ2) is 6.57. The first-order valence-electron chi connectivity index (χ1n) is 7.83. The Hall–Kier alpha value is -1.47. The van der Waals surface area contributed by atoms with Crippen molar-refractivity contribution >= 4 is 42.4 Å². The van der Waals surface area contributed by atoms with Crippen molar-refractivity contribution in [2.24, 2.45) is 0 Å². The van der Waals surface area contributed by atoms with Gasteiger partial charge in [-0.3, -0.25) is 4.79 Å². The van der Waals surface area contributed by atoms with Crippen LogP contribution in [0.1, 0.15) is 37.7 Å². The average Bonchev–Trinajstić information content (AvgIpc) is 3.14. The number of nitrogens with zero attached hydrogens (tertiary/aromatic N) is 1. The van der Waals surface area contributed by atoms with Crippen molar-refractivity contribution < 1.29 is 13.2 Å². The molecular weight excluding hydrogens is 332 g/mol. The molecule has 0 spiro atoms. The summed E-state index contributed by atoms with van der Waals surface area (Å²) in [5.74, 6) is -0.365. The van der Waals surface area contributed by atoms with Crippen LogP contribution in [0.25, 0.3) is 10.2 Å². The number of aryl methyl sites for hydroxylation is 1. The molecule has 1 fully saturated rings. The van der Waals surface area contributed by atoms with E-state index < -0.39 is 9.84 Å². The maximum atomic E-state index is 12.2. The summed E-state index contributed by atoms with van der Waals surface area (Å²) < 4.78 is 25.4. The lowest BCUT2D eigenvalue weighted by molar-refractivity contribution is -0.115. The number of aromatic nitrogens is 1. The van der Waals surface area contributed by atoms with Gasteiger partial charge in [-0.2, -0.15) is 0 Å². The fourth-order valence-electron chi connectivity index (χ4n) is 2.92. The SMILES string of the molecule is Cc1ccc2nc(NC(=O)CCS(=O)(=O)C3CCCC3)sc2c1. The number of carbonyl (C=O) groups is 1. The van der Waals surface area contributed by atoms with Gasteiger partial charge in [0.2, 0.25) is 5.91 Å². The number of anilines is 1. The molecule has 1 N–H and O–H groups in total. The third-order valence-corrected chi connectivity index (χ3v) is 7.41. The number of sulfone groups is 1. The molecule has 0 atom stereocenters. The summed E-state index contributed by atoms with van der Waals surface area (Å²) in [4.78, 5) is 16.4. The number of fused-ring (bicyclic) bond motifs is 1. The minimum Gasteiger partial charge on any atom is -0.302 e.